The molecular formula is C21H24N2O3. The van der Waals surface area contributed by atoms with Gasteiger partial charge in [0.15, 0.2) is 0 Å². The highest BCUT2D eigenvalue weighted by Gasteiger charge is 2.28. The molecule has 0 aliphatic carbocycles. The van der Waals surface area contributed by atoms with Crippen molar-refractivity contribution in [3.8, 4) is 5.75 Å². The lowest BCUT2D eigenvalue weighted by Gasteiger charge is -2.25. The van der Waals surface area contributed by atoms with Crippen LogP contribution in [0, 0.1) is 0 Å². The van der Waals surface area contributed by atoms with Gasteiger partial charge in [0.1, 0.15) is 11.3 Å². The molecule has 0 radical (unpaired) electrons. The summed E-state index contributed by atoms with van der Waals surface area (Å²) in [4.78, 5) is 14.5. The number of aromatic nitrogens is 1. The molecule has 26 heavy (non-hydrogen) atoms. The molecule has 0 amide bonds. The van der Waals surface area contributed by atoms with E-state index >= 15 is 0 Å². The van der Waals surface area contributed by atoms with E-state index in [0.717, 1.165) is 42.3 Å². The van der Waals surface area contributed by atoms with Crippen molar-refractivity contribution in [2.24, 2.45) is 7.05 Å². The molecular weight excluding hydrogens is 328 g/mol. The first kappa shape index (κ1) is 16.9. The maximum absolute atomic E-state index is 12.0. The zero-order valence-electron chi connectivity index (χ0n) is 15.2. The lowest BCUT2D eigenvalue weighted by Crippen LogP contribution is -2.24. The first-order chi connectivity index (χ1) is 12.6. The van der Waals surface area contributed by atoms with Crippen molar-refractivity contribution in [1.29, 1.82) is 0 Å². The van der Waals surface area contributed by atoms with Crippen LogP contribution in [0.1, 0.15) is 42.6 Å². The molecule has 0 unspecified atom stereocenters. The van der Waals surface area contributed by atoms with E-state index in [9.17, 15) is 9.90 Å². The van der Waals surface area contributed by atoms with E-state index in [1.807, 2.05) is 13.0 Å². The maximum Gasteiger partial charge on any atom is 0.336 e. The highest BCUT2D eigenvalue weighted by atomic mass is 16.4. The SMILES string of the molecule is CCc1cc2c(CN3CCC[C@H]3c3cccn3C)cc(=O)oc2cc1O. The van der Waals surface area contributed by atoms with E-state index in [4.69, 9.17) is 4.42 Å². The molecule has 1 aromatic carbocycles. The molecule has 1 N–H and O–H groups in total. The van der Waals surface area contributed by atoms with Crippen molar-refractivity contribution in [3.05, 3.63) is 63.8 Å². The molecule has 0 bridgehead atoms. The predicted octanol–water partition coefficient (Wildman–Crippen LogP) is 3.74. The average Bonchev–Trinajstić information content (AvgIpc) is 3.22. The van der Waals surface area contributed by atoms with Crippen LogP contribution in [0.3, 0.4) is 0 Å². The fourth-order valence-electron chi connectivity index (χ4n) is 4.11. The smallest absolute Gasteiger partial charge is 0.336 e. The van der Waals surface area contributed by atoms with Gasteiger partial charge in [0.05, 0.1) is 6.04 Å². The number of aryl methyl sites for hydroxylation is 2. The largest absolute Gasteiger partial charge is 0.508 e. The van der Waals surface area contributed by atoms with Gasteiger partial charge in [-0.15, -0.1) is 0 Å². The molecule has 136 valence electrons. The van der Waals surface area contributed by atoms with Gasteiger partial charge in [-0.25, -0.2) is 4.79 Å². The lowest BCUT2D eigenvalue weighted by atomic mass is 10.0. The minimum Gasteiger partial charge on any atom is -0.508 e. The zero-order chi connectivity index (χ0) is 18.3. The summed E-state index contributed by atoms with van der Waals surface area (Å²) in [6, 6.07) is 9.73. The number of nitrogens with zero attached hydrogens (tertiary/aromatic N) is 2. The van der Waals surface area contributed by atoms with Gasteiger partial charge in [-0.1, -0.05) is 6.92 Å². The Hall–Kier alpha value is -2.53. The number of likely N-dealkylation sites (tertiary alicyclic amines) is 1. The zero-order valence-corrected chi connectivity index (χ0v) is 15.2. The Morgan fingerprint density at radius 3 is 2.85 bits per heavy atom. The van der Waals surface area contributed by atoms with E-state index in [1.54, 1.807) is 12.1 Å². The Balaban J connectivity index is 1.74. The first-order valence-electron chi connectivity index (χ1n) is 9.20. The fourth-order valence-corrected chi connectivity index (χ4v) is 4.11. The minimum atomic E-state index is -0.370. The molecule has 1 saturated heterocycles. The van der Waals surface area contributed by atoms with Crippen molar-refractivity contribution in [1.82, 2.24) is 9.47 Å². The van der Waals surface area contributed by atoms with Crippen molar-refractivity contribution >= 4 is 11.0 Å². The van der Waals surface area contributed by atoms with Crippen LogP contribution in [0.25, 0.3) is 11.0 Å². The van der Waals surface area contributed by atoms with E-state index < -0.39 is 0 Å². The van der Waals surface area contributed by atoms with Gasteiger partial charge in [0.2, 0.25) is 0 Å². The molecule has 2 aromatic heterocycles. The van der Waals surface area contributed by atoms with E-state index in [1.165, 1.54) is 5.69 Å². The van der Waals surface area contributed by atoms with Gasteiger partial charge < -0.3 is 14.1 Å². The Kier molecular flexibility index (Phi) is 4.32. The molecule has 1 aliphatic heterocycles. The number of hydrogen-bond acceptors (Lipinski definition) is 4. The van der Waals surface area contributed by atoms with Gasteiger partial charge in [0.25, 0.3) is 0 Å². The molecule has 0 saturated carbocycles. The van der Waals surface area contributed by atoms with Crippen molar-refractivity contribution in [2.45, 2.75) is 38.8 Å². The molecule has 3 heterocycles. The number of fused-ring (bicyclic) bond motifs is 1. The molecule has 5 nitrogen and oxygen atoms in total. The van der Waals surface area contributed by atoms with Crippen LogP contribution in [0.5, 0.6) is 5.75 Å². The van der Waals surface area contributed by atoms with Crippen LogP contribution >= 0.6 is 0 Å². The number of aromatic hydroxyl groups is 1. The summed E-state index contributed by atoms with van der Waals surface area (Å²) in [5.41, 5.74) is 3.23. The summed E-state index contributed by atoms with van der Waals surface area (Å²) < 4.78 is 7.50. The number of phenolic OH excluding ortho intramolecular Hbond substituents is 1. The second-order valence-electron chi connectivity index (χ2n) is 7.09. The number of rotatable bonds is 4. The lowest BCUT2D eigenvalue weighted by molar-refractivity contribution is 0.241. The van der Waals surface area contributed by atoms with Gasteiger partial charge in [0, 0.05) is 43.0 Å². The highest BCUT2D eigenvalue weighted by molar-refractivity contribution is 5.82. The van der Waals surface area contributed by atoms with Crippen LogP contribution in [-0.4, -0.2) is 21.1 Å². The molecule has 0 spiro atoms. The van der Waals surface area contributed by atoms with Crippen molar-refractivity contribution < 1.29 is 9.52 Å². The third-order valence-corrected chi connectivity index (χ3v) is 5.47. The number of phenols is 1. The fraction of sp³-hybridized carbons (Fsp3) is 0.381. The Bertz CT molecular complexity index is 1000. The second-order valence-corrected chi connectivity index (χ2v) is 7.09. The van der Waals surface area contributed by atoms with Crippen LogP contribution in [0.2, 0.25) is 0 Å². The summed E-state index contributed by atoms with van der Waals surface area (Å²) in [7, 11) is 2.08. The van der Waals surface area contributed by atoms with Gasteiger partial charge in [-0.3, -0.25) is 4.90 Å². The van der Waals surface area contributed by atoms with Gasteiger partial charge >= 0.3 is 5.63 Å². The minimum absolute atomic E-state index is 0.183. The van der Waals surface area contributed by atoms with Gasteiger partial charge in [-0.05, 0) is 55.1 Å². The third-order valence-electron chi connectivity index (χ3n) is 5.47. The summed E-state index contributed by atoms with van der Waals surface area (Å²) in [6.07, 6.45) is 5.08. The predicted molar refractivity (Wildman–Crippen MR) is 101 cm³/mol. The number of benzene rings is 1. The van der Waals surface area contributed by atoms with E-state index in [0.29, 0.717) is 18.2 Å². The monoisotopic (exact) mass is 352 g/mol. The summed E-state index contributed by atoms with van der Waals surface area (Å²) in [5, 5.41) is 11.0. The maximum atomic E-state index is 12.0. The molecule has 5 heteroatoms. The normalized spacial score (nSPS) is 18.0. The quantitative estimate of drug-likeness (QED) is 0.727. The van der Waals surface area contributed by atoms with Gasteiger partial charge in [-0.2, -0.15) is 0 Å². The van der Waals surface area contributed by atoms with Crippen molar-refractivity contribution in [3.63, 3.8) is 0 Å². The van der Waals surface area contributed by atoms with Crippen LogP contribution in [0.15, 0.2) is 45.7 Å². The first-order valence-corrected chi connectivity index (χ1v) is 9.20. The summed E-state index contributed by atoms with van der Waals surface area (Å²) >= 11 is 0. The number of hydrogen-bond donors (Lipinski definition) is 1. The highest BCUT2D eigenvalue weighted by Crippen LogP contribution is 2.35. The summed E-state index contributed by atoms with van der Waals surface area (Å²) in [6.45, 7) is 3.72. The van der Waals surface area contributed by atoms with E-state index in [2.05, 4.69) is 34.8 Å². The molecule has 1 fully saturated rings. The Labute approximate surface area is 152 Å². The van der Waals surface area contributed by atoms with Crippen molar-refractivity contribution in [2.75, 3.05) is 6.54 Å². The topological polar surface area (TPSA) is 58.6 Å². The molecule has 4 rings (SSSR count). The average molecular weight is 352 g/mol. The van der Waals surface area contributed by atoms with Crippen LogP contribution < -0.4 is 5.63 Å². The molecule has 1 aliphatic rings. The van der Waals surface area contributed by atoms with Crippen LogP contribution in [-0.2, 0) is 20.0 Å². The Morgan fingerprint density at radius 1 is 1.27 bits per heavy atom. The standard InChI is InChI=1S/C21H24N2O3/c1-3-14-10-16-15(11-21(25)26-20(16)12-19(14)24)13-23-9-5-7-18(23)17-6-4-8-22(17)2/h4,6,8,10-12,18,24H,3,5,7,9,13H2,1-2H3/t18-/m0/s1. The second kappa shape index (κ2) is 6.65. The third kappa shape index (κ3) is 2.92. The molecule has 1 atom stereocenters. The summed E-state index contributed by atoms with van der Waals surface area (Å²) in [5.74, 6) is 0.183. The van der Waals surface area contributed by atoms with Crippen LogP contribution in [0.4, 0.5) is 0 Å². The van der Waals surface area contributed by atoms with E-state index in [-0.39, 0.29) is 11.4 Å². The Morgan fingerprint density at radius 2 is 2.12 bits per heavy atom. The molecule has 3 aromatic rings.